The van der Waals surface area contributed by atoms with Crippen molar-refractivity contribution >= 4 is 5.97 Å². The van der Waals surface area contributed by atoms with E-state index in [2.05, 4.69) is 28.7 Å². The van der Waals surface area contributed by atoms with Crippen molar-refractivity contribution in [2.24, 2.45) is 0 Å². The summed E-state index contributed by atoms with van der Waals surface area (Å²) < 4.78 is 5.68. The van der Waals surface area contributed by atoms with Crippen LogP contribution in [-0.4, -0.2) is 84.7 Å². The van der Waals surface area contributed by atoms with Gasteiger partial charge in [-0.05, 0) is 53.6 Å². The second kappa shape index (κ2) is 8.63. The second-order valence-corrected chi connectivity index (χ2v) is 8.44. The van der Waals surface area contributed by atoms with Crippen molar-refractivity contribution in [2.45, 2.75) is 71.1 Å². The SMILES string of the molecule is CC[C@@H](C(=O)OC(C)(C)C)N1CCCC[C@H](N2CCN(C)CC2)C1. The van der Waals surface area contributed by atoms with E-state index >= 15 is 0 Å². The molecule has 0 amide bonds. The molecule has 2 fully saturated rings. The van der Waals surface area contributed by atoms with Crippen LogP contribution in [0.4, 0.5) is 0 Å². The monoisotopic (exact) mass is 339 g/mol. The van der Waals surface area contributed by atoms with Gasteiger partial charge in [0.1, 0.15) is 11.6 Å². The molecule has 0 spiro atoms. The largest absolute Gasteiger partial charge is 0.459 e. The molecule has 2 aliphatic rings. The molecule has 2 saturated heterocycles. The standard InChI is InChI=1S/C19H37N3O2/c1-6-17(18(23)24-19(2,3)4)22-10-8-7-9-16(15-22)21-13-11-20(5)12-14-21/h16-17H,6-15H2,1-5H3/t16-,17-/m0/s1. The number of rotatable bonds is 4. The molecule has 0 unspecified atom stereocenters. The van der Waals surface area contributed by atoms with Crippen LogP contribution in [0.5, 0.6) is 0 Å². The summed E-state index contributed by atoms with van der Waals surface area (Å²) in [4.78, 5) is 20.1. The van der Waals surface area contributed by atoms with Crippen LogP contribution in [0.25, 0.3) is 0 Å². The van der Waals surface area contributed by atoms with Gasteiger partial charge in [0.2, 0.25) is 0 Å². The zero-order valence-electron chi connectivity index (χ0n) is 16.4. The van der Waals surface area contributed by atoms with Gasteiger partial charge < -0.3 is 9.64 Å². The third kappa shape index (κ3) is 5.71. The fraction of sp³-hybridized carbons (Fsp3) is 0.947. The van der Waals surface area contributed by atoms with Crippen LogP contribution in [0.1, 0.15) is 53.4 Å². The topological polar surface area (TPSA) is 36.0 Å². The van der Waals surface area contributed by atoms with Gasteiger partial charge in [-0.25, -0.2) is 0 Å². The minimum Gasteiger partial charge on any atom is -0.459 e. The predicted molar refractivity (Wildman–Crippen MR) is 98.2 cm³/mol. The third-order valence-electron chi connectivity index (χ3n) is 5.24. The molecule has 2 rings (SSSR count). The van der Waals surface area contributed by atoms with Gasteiger partial charge in [-0.1, -0.05) is 13.3 Å². The van der Waals surface area contributed by atoms with Gasteiger partial charge in [-0.3, -0.25) is 14.6 Å². The lowest BCUT2D eigenvalue weighted by Gasteiger charge is -2.40. The Morgan fingerprint density at radius 2 is 1.79 bits per heavy atom. The summed E-state index contributed by atoms with van der Waals surface area (Å²) >= 11 is 0. The van der Waals surface area contributed by atoms with E-state index in [-0.39, 0.29) is 12.0 Å². The quantitative estimate of drug-likeness (QED) is 0.734. The Labute approximate surface area is 148 Å². The zero-order chi connectivity index (χ0) is 17.7. The maximum Gasteiger partial charge on any atom is 0.323 e. The highest BCUT2D eigenvalue weighted by molar-refractivity contribution is 5.76. The number of esters is 1. The molecule has 5 heteroatoms. The van der Waals surface area contributed by atoms with Gasteiger partial charge in [0.25, 0.3) is 0 Å². The Kier molecular flexibility index (Phi) is 7.08. The molecule has 2 aliphatic heterocycles. The Morgan fingerprint density at radius 1 is 1.12 bits per heavy atom. The summed E-state index contributed by atoms with van der Waals surface area (Å²) in [5.74, 6) is -0.0518. The molecule has 5 nitrogen and oxygen atoms in total. The molecule has 2 heterocycles. The molecule has 0 bridgehead atoms. The van der Waals surface area contributed by atoms with Gasteiger partial charge >= 0.3 is 5.97 Å². The lowest BCUT2D eigenvalue weighted by Crippen LogP contribution is -2.54. The van der Waals surface area contributed by atoms with Gasteiger partial charge in [-0.2, -0.15) is 0 Å². The average Bonchev–Trinajstić information content (AvgIpc) is 2.73. The Morgan fingerprint density at radius 3 is 2.38 bits per heavy atom. The molecule has 0 N–H and O–H groups in total. The van der Waals surface area contributed by atoms with Crippen molar-refractivity contribution < 1.29 is 9.53 Å². The van der Waals surface area contributed by atoms with Crippen LogP contribution in [0.2, 0.25) is 0 Å². The van der Waals surface area contributed by atoms with Crippen LogP contribution >= 0.6 is 0 Å². The Hall–Kier alpha value is -0.650. The number of nitrogens with zero attached hydrogens (tertiary/aromatic N) is 3. The van der Waals surface area contributed by atoms with Gasteiger partial charge in [-0.15, -0.1) is 0 Å². The number of carbonyl (C=O) groups excluding carboxylic acids is 1. The molecule has 0 aromatic rings. The molecule has 0 aromatic carbocycles. The Balaban J connectivity index is 2.00. The lowest BCUT2D eigenvalue weighted by atomic mass is 10.1. The fourth-order valence-electron chi connectivity index (χ4n) is 3.86. The molecule has 0 radical (unpaired) electrons. The molecule has 0 aromatic heterocycles. The van der Waals surface area contributed by atoms with Gasteiger partial charge in [0, 0.05) is 38.8 Å². The fourth-order valence-corrected chi connectivity index (χ4v) is 3.86. The molecule has 2 atom stereocenters. The molecule has 24 heavy (non-hydrogen) atoms. The van der Waals surface area contributed by atoms with E-state index in [4.69, 9.17) is 4.74 Å². The average molecular weight is 340 g/mol. The molecule has 0 saturated carbocycles. The van der Waals surface area contributed by atoms with E-state index < -0.39 is 5.60 Å². The summed E-state index contributed by atoms with van der Waals surface area (Å²) in [5, 5.41) is 0. The first-order valence-electron chi connectivity index (χ1n) is 9.69. The van der Waals surface area contributed by atoms with Crippen LogP contribution in [0.3, 0.4) is 0 Å². The Bertz CT molecular complexity index is 400. The number of piperazine rings is 1. The van der Waals surface area contributed by atoms with Crippen molar-refractivity contribution in [3.8, 4) is 0 Å². The number of likely N-dealkylation sites (N-methyl/N-ethyl adjacent to an activating group) is 1. The highest BCUT2D eigenvalue weighted by atomic mass is 16.6. The second-order valence-electron chi connectivity index (χ2n) is 8.44. The van der Waals surface area contributed by atoms with Crippen molar-refractivity contribution in [3.05, 3.63) is 0 Å². The van der Waals surface area contributed by atoms with Crippen LogP contribution in [-0.2, 0) is 9.53 Å². The number of carbonyl (C=O) groups is 1. The normalized spacial score (nSPS) is 26.8. The van der Waals surface area contributed by atoms with E-state index in [1.807, 2.05) is 20.8 Å². The van der Waals surface area contributed by atoms with Crippen molar-refractivity contribution in [3.63, 3.8) is 0 Å². The maximum absolute atomic E-state index is 12.6. The molecular weight excluding hydrogens is 302 g/mol. The summed E-state index contributed by atoms with van der Waals surface area (Å²) in [6, 6.07) is 0.481. The number of likely N-dealkylation sites (tertiary alicyclic amines) is 1. The van der Waals surface area contributed by atoms with E-state index in [1.165, 1.54) is 19.3 Å². The number of hydrogen-bond acceptors (Lipinski definition) is 5. The minimum absolute atomic E-state index is 0.0518. The number of hydrogen-bond donors (Lipinski definition) is 0. The van der Waals surface area contributed by atoms with Gasteiger partial charge in [0.15, 0.2) is 0 Å². The molecular formula is C19H37N3O2. The van der Waals surface area contributed by atoms with E-state index in [0.717, 1.165) is 45.7 Å². The van der Waals surface area contributed by atoms with Crippen molar-refractivity contribution in [2.75, 3.05) is 46.3 Å². The van der Waals surface area contributed by atoms with Crippen molar-refractivity contribution in [1.82, 2.24) is 14.7 Å². The first-order valence-corrected chi connectivity index (χ1v) is 9.69. The first-order chi connectivity index (χ1) is 11.3. The third-order valence-corrected chi connectivity index (χ3v) is 5.24. The zero-order valence-corrected chi connectivity index (χ0v) is 16.4. The highest BCUT2D eigenvalue weighted by Gasteiger charge is 2.33. The van der Waals surface area contributed by atoms with Crippen LogP contribution < -0.4 is 0 Å². The maximum atomic E-state index is 12.6. The summed E-state index contributed by atoms with van der Waals surface area (Å²) in [6.07, 6.45) is 4.52. The minimum atomic E-state index is -0.410. The highest BCUT2D eigenvalue weighted by Crippen LogP contribution is 2.22. The van der Waals surface area contributed by atoms with E-state index in [9.17, 15) is 4.79 Å². The van der Waals surface area contributed by atoms with Gasteiger partial charge in [0.05, 0.1) is 0 Å². The molecule has 140 valence electrons. The smallest absolute Gasteiger partial charge is 0.323 e. The van der Waals surface area contributed by atoms with Crippen LogP contribution in [0, 0.1) is 0 Å². The number of ether oxygens (including phenoxy) is 1. The first kappa shape index (κ1) is 19.7. The van der Waals surface area contributed by atoms with Crippen molar-refractivity contribution in [1.29, 1.82) is 0 Å². The van der Waals surface area contributed by atoms with Crippen LogP contribution in [0.15, 0.2) is 0 Å². The lowest BCUT2D eigenvalue weighted by molar-refractivity contribution is -0.161. The molecule has 0 aliphatic carbocycles. The summed E-state index contributed by atoms with van der Waals surface area (Å²) in [5.41, 5.74) is -0.410. The predicted octanol–water partition coefficient (Wildman–Crippen LogP) is 2.21. The summed E-state index contributed by atoms with van der Waals surface area (Å²) in [6.45, 7) is 14.6. The van der Waals surface area contributed by atoms with E-state index in [0.29, 0.717) is 6.04 Å². The summed E-state index contributed by atoms with van der Waals surface area (Å²) in [7, 11) is 2.20. The van der Waals surface area contributed by atoms with E-state index in [1.54, 1.807) is 0 Å².